The summed E-state index contributed by atoms with van der Waals surface area (Å²) in [4.78, 5) is 26.6. The van der Waals surface area contributed by atoms with E-state index in [4.69, 9.17) is 0 Å². The molecule has 0 unspecified atom stereocenters. The van der Waals surface area contributed by atoms with Crippen LogP contribution in [0, 0.1) is 12.8 Å². The third-order valence-corrected chi connectivity index (χ3v) is 6.97. The Hall–Kier alpha value is -2.39. The molecule has 0 aromatic carbocycles. The molecule has 1 saturated heterocycles. The quantitative estimate of drug-likeness (QED) is 0.779. The molecule has 0 bridgehead atoms. The Labute approximate surface area is 158 Å². The van der Waals surface area contributed by atoms with Crippen LogP contribution in [0.1, 0.15) is 18.5 Å². The topological polar surface area (TPSA) is 96.4 Å². The van der Waals surface area contributed by atoms with Crippen LogP contribution in [0.15, 0.2) is 35.6 Å². The van der Waals surface area contributed by atoms with Gasteiger partial charge >= 0.3 is 0 Å². The van der Waals surface area contributed by atoms with Crippen molar-refractivity contribution >= 4 is 15.9 Å². The van der Waals surface area contributed by atoms with Crippen molar-refractivity contribution < 1.29 is 13.2 Å². The summed E-state index contributed by atoms with van der Waals surface area (Å²) in [6.07, 6.45) is 6.56. The Morgan fingerprint density at radius 3 is 2.37 bits per heavy atom. The van der Waals surface area contributed by atoms with Crippen LogP contribution in [-0.4, -0.2) is 64.7 Å². The van der Waals surface area contributed by atoms with Gasteiger partial charge in [-0.05, 0) is 31.9 Å². The monoisotopic (exact) mass is 387 g/mol. The number of nitrogens with zero attached hydrogens (tertiary/aromatic N) is 5. The van der Waals surface area contributed by atoms with Crippen LogP contribution in [-0.2, 0) is 14.8 Å². The first kappa shape index (κ1) is 18.0. The van der Waals surface area contributed by atoms with Gasteiger partial charge in [0.1, 0.15) is 4.90 Å². The molecule has 1 saturated carbocycles. The van der Waals surface area contributed by atoms with Crippen molar-refractivity contribution in [1.82, 2.24) is 24.2 Å². The molecule has 1 aliphatic heterocycles. The van der Waals surface area contributed by atoms with E-state index in [0.29, 0.717) is 37.7 Å². The number of aryl methyl sites for hydroxylation is 1. The van der Waals surface area contributed by atoms with E-state index >= 15 is 0 Å². The van der Waals surface area contributed by atoms with E-state index in [0.717, 1.165) is 18.4 Å². The van der Waals surface area contributed by atoms with Crippen molar-refractivity contribution in [2.24, 2.45) is 5.92 Å². The lowest BCUT2D eigenvalue weighted by Crippen LogP contribution is -2.51. The minimum Gasteiger partial charge on any atom is -0.340 e. The van der Waals surface area contributed by atoms with E-state index in [2.05, 4.69) is 15.0 Å². The molecule has 4 rings (SSSR count). The fraction of sp³-hybridized carbons (Fsp3) is 0.444. The zero-order valence-electron chi connectivity index (χ0n) is 15.1. The number of hydrogen-bond acceptors (Lipinski definition) is 6. The number of piperazine rings is 1. The van der Waals surface area contributed by atoms with Crippen molar-refractivity contribution in [3.05, 3.63) is 36.4 Å². The van der Waals surface area contributed by atoms with Crippen LogP contribution in [0.4, 0.5) is 0 Å². The molecule has 0 N–H and O–H groups in total. The highest BCUT2D eigenvalue weighted by Gasteiger charge is 2.37. The molecule has 2 aliphatic rings. The van der Waals surface area contributed by atoms with Gasteiger partial charge in [0.15, 0.2) is 5.82 Å². The second-order valence-corrected chi connectivity index (χ2v) is 8.79. The minimum absolute atomic E-state index is 0.113. The standard InChI is InChI=1S/C18H21N5O3S/c1-13-16(12-20-17(21-13)14-4-6-19-7-5-14)27(25,26)23-10-8-22(9-11-23)18(24)15-2-3-15/h4-7,12,15H,2-3,8-11H2,1H3. The van der Waals surface area contributed by atoms with Gasteiger partial charge < -0.3 is 4.90 Å². The zero-order chi connectivity index (χ0) is 19.0. The maximum atomic E-state index is 13.0. The Morgan fingerprint density at radius 2 is 1.78 bits per heavy atom. The second-order valence-electron chi connectivity index (χ2n) is 6.88. The lowest BCUT2D eigenvalue weighted by molar-refractivity contribution is -0.133. The highest BCUT2D eigenvalue weighted by atomic mass is 32.2. The van der Waals surface area contributed by atoms with Crippen LogP contribution < -0.4 is 0 Å². The van der Waals surface area contributed by atoms with Crippen LogP contribution in [0.3, 0.4) is 0 Å². The fourth-order valence-electron chi connectivity index (χ4n) is 3.23. The molecule has 0 radical (unpaired) electrons. The number of sulfonamides is 1. The number of amides is 1. The molecular weight excluding hydrogens is 366 g/mol. The van der Waals surface area contributed by atoms with Crippen LogP contribution in [0.25, 0.3) is 11.4 Å². The molecule has 2 fully saturated rings. The van der Waals surface area contributed by atoms with Crippen LogP contribution in [0.5, 0.6) is 0 Å². The highest BCUT2D eigenvalue weighted by Crippen LogP contribution is 2.31. The first-order valence-corrected chi connectivity index (χ1v) is 10.4. The Kier molecular flexibility index (Phi) is 4.65. The number of hydrogen-bond donors (Lipinski definition) is 0. The lowest BCUT2D eigenvalue weighted by atomic mass is 10.2. The summed E-state index contributed by atoms with van der Waals surface area (Å²) in [5.74, 6) is 0.784. The average Bonchev–Trinajstić information content (AvgIpc) is 3.53. The summed E-state index contributed by atoms with van der Waals surface area (Å²) in [6.45, 7) is 3.14. The van der Waals surface area contributed by atoms with Gasteiger partial charge in [0.05, 0.1) is 11.9 Å². The Morgan fingerprint density at radius 1 is 1.11 bits per heavy atom. The molecule has 3 heterocycles. The van der Waals surface area contributed by atoms with Gasteiger partial charge in [-0.15, -0.1) is 0 Å². The normalized spacial score (nSPS) is 18.5. The van der Waals surface area contributed by atoms with Crippen molar-refractivity contribution in [2.45, 2.75) is 24.7 Å². The van der Waals surface area contributed by atoms with E-state index in [1.165, 1.54) is 10.5 Å². The van der Waals surface area contributed by atoms with Gasteiger partial charge in [-0.3, -0.25) is 9.78 Å². The maximum absolute atomic E-state index is 13.0. The summed E-state index contributed by atoms with van der Waals surface area (Å²) in [6, 6.07) is 3.55. The average molecular weight is 387 g/mol. The van der Waals surface area contributed by atoms with E-state index in [-0.39, 0.29) is 16.7 Å². The molecule has 2 aromatic rings. The molecular formula is C18H21N5O3S. The third-order valence-electron chi connectivity index (χ3n) is 4.97. The first-order chi connectivity index (χ1) is 13.0. The molecule has 0 atom stereocenters. The van der Waals surface area contributed by atoms with Gasteiger partial charge in [0, 0.05) is 50.1 Å². The minimum atomic E-state index is -3.69. The molecule has 1 aliphatic carbocycles. The Balaban J connectivity index is 1.51. The summed E-state index contributed by atoms with van der Waals surface area (Å²) < 4.78 is 27.4. The largest absolute Gasteiger partial charge is 0.340 e. The molecule has 8 nitrogen and oxygen atoms in total. The smallest absolute Gasteiger partial charge is 0.246 e. The molecule has 142 valence electrons. The first-order valence-electron chi connectivity index (χ1n) is 9.00. The van der Waals surface area contributed by atoms with E-state index in [1.54, 1.807) is 36.4 Å². The maximum Gasteiger partial charge on any atom is 0.246 e. The van der Waals surface area contributed by atoms with Gasteiger partial charge in [-0.25, -0.2) is 18.4 Å². The molecule has 2 aromatic heterocycles. The van der Waals surface area contributed by atoms with Gasteiger partial charge in [-0.1, -0.05) is 0 Å². The number of carbonyl (C=O) groups is 1. The van der Waals surface area contributed by atoms with Crippen LogP contribution in [0.2, 0.25) is 0 Å². The van der Waals surface area contributed by atoms with Crippen molar-refractivity contribution in [3.63, 3.8) is 0 Å². The zero-order valence-corrected chi connectivity index (χ0v) is 15.9. The van der Waals surface area contributed by atoms with Crippen molar-refractivity contribution in [3.8, 4) is 11.4 Å². The fourth-order valence-corrected chi connectivity index (χ4v) is 4.75. The highest BCUT2D eigenvalue weighted by molar-refractivity contribution is 7.89. The summed E-state index contributed by atoms with van der Waals surface area (Å²) >= 11 is 0. The van der Waals surface area contributed by atoms with Gasteiger partial charge in [0.2, 0.25) is 15.9 Å². The number of aromatic nitrogens is 3. The predicted octanol–water partition coefficient (Wildman–Crippen LogP) is 1.09. The summed E-state index contributed by atoms with van der Waals surface area (Å²) in [5, 5.41) is 0. The van der Waals surface area contributed by atoms with E-state index in [1.807, 2.05) is 0 Å². The van der Waals surface area contributed by atoms with Crippen LogP contribution >= 0.6 is 0 Å². The van der Waals surface area contributed by atoms with E-state index in [9.17, 15) is 13.2 Å². The SMILES string of the molecule is Cc1nc(-c2ccncc2)ncc1S(=O)(=O)N1CCN(C(=O)C2CC2)CC1. The number of pyridine rings is 1. The van der Waals surface area contributed by atoms with Crippen molar-refractivity contribution in [2.75, 3.05) is 26.2 Å². The molecule has 9 heteroatoms. The number of rotatable bonds is 4. The predicted molar refractivity (Wildman–Crippen MR) is 98.1 cm³/mol. The molecule has 1 amide bonds. The molecule has 0 spiro atoms. The molecule has 27 heavy (non-hydrogen) atoms. The third kappa shape index (κ3) is 3.57. The Bertz CT molecular complexity index is 952. The summed E-state index contributed by atoms with van der Waals surface area (Å²) in [5.41, 5.74) is 1.19. The second kappa shape index (κ2) is 6.97. The van der Waals surface area contributed by atoms with Crippen molar-refractivity contribution in [1.29, 1.82) is 0 Å². The van der Waals surface area contributed by atoms with Gasteiger partial charge in [-0.2, -0.15) is 4.31 Å². The lowest BCUT2D eigenvalue weighted by Gasteiger charge is -2.34. The van der Waals surface area contributed by atoms with Gasteiger partial charge in [0.25, 0.3) is 0 Å². The summed E-state index contributed by atoms with van der Waals surface area (Å²) in [7, 11) is -3.69. The van der Waals surface area contributed by atoms with E-state index < -0.39 is 10.0 Å². The number of carbonyl (C=O) groups excluding carboxylic acids is 1.